The van der Waals surface area contributed by atoms with Gasteiger partial charge in [-0.15, -0.1) is 0 Å². The molecule has 1 aromatic rings. The minimum atomic E-state index is 0.437. The number of benzene rings is 1. The van der Waals surface area contributed by atoms with Crippen LogP contribution in [0.1, 0.15) is 37.3 Å². The topological polar surface area (TPSA) is 12.0 Å². The van der Waals surface area contributed by atoms with E-state index in [2.05, 4.69) is 27.3 Å². The summed E-state index contributed by atoms with van der Waals surface area (Å²) < 4.78 is 1.11. The molecular formula is C13H17BrClN. The van der Waals surface area contributed by atoms with Crippen LogP contribution in [-0.2, 0) is 0 Å². The van der Waals surface area contributed by atoms with E-state index in [1.54, 1.807) is 0 Å². The molecule has 1 aliphatic carbocycles. The molecule has 3 heteroatoms. The maximum Gasteiger partial charge on any atom is 0.0417 e. The lowest BCUT2D eigenvalue weighted by Gasteiger charge is -2.18. The minimum absolute atomic E-state index is 0.437. The van der Waals surface area contributed by atoms with Gasteiger partial charge in [0.1, 0.15) is 0 Å². The summed E-state index contributed by atoms with van der Waals surface area (Å²) in [5, 5.41) is 4.17. The van der Waals surface area contributed by atoms with Crippen molar-refractivity contribution in [1.82, 2.24) is 5.32 Å². The van der Waals surface area contributed by atoms with Gasteiger partial charge in [0.15, 0.2) is 0 Å². The van der Waals surface area contributed by atoms with Crippen LogP contribution in [0.4, 0.5) is 0 Å². The monoisotopic (exact) mass is 301 g/mol. The Hall–Kier alpha value is -0.0500. The molecule has 1 fully saturated rings. The fourth-order valence-electron chi connectivity index (χ4n) is 2.05. The largest absolute Gasteiger partial charge is 0.313 e. The molecule has 1 nitrogen and oxygen atoms in total. The van der Waals surface area contributed by atoms with E-state index in [9.17, 15) is 0 Å². The van der Waals surface area contributed by atoms with Crippen LogP contribution in [0, 0.1) is 5.92 Å². The molecule has 88 valence electrons. The van der Waals surface area contributed by atoms with Crippen molar-refractivity contribution in [3.63, 3.8) is 0 Å². The summed E-state index contributed by atoms with van der Waals surface area (Å²) in [6.45, 7) is 0. The quantitative estimate of drug-likeness (QED) is 0.841. The number of rotatable bonds is 5. The van der Waals surface area contributed by atoms with Crippen molar-refractivity contribution in [2.24, 2.45) is 5.92 Å². The smallest absolute Gasteiger partial charge is 0.0417 e. The van der Waals surface area contributed by atoms with Crippen LogP contribution in [0.15, 0.2) is 22.7 Å². The summed E-state index contributed by atoms with van der Waals surface area (Å²) in [6, 6.07) is 6.48. The minimum Gasteiger partial charge on any atom is -0.313 e. The second kappa shape index (κ2) is 5.52. The number of halogens is 2. The van der Waals surface area contributed by atoms with E-state index in [1.165, 1.54) is 31.2 Å². The molecule has 0 aliphatic heterocycles. The van der Waals surface area contributed by atoms with E-state index in [1.807, 2.05) is 19.2 Å². The lowest BCUT2D eigenvalue weighted by molar-refractivity contribution is 0.505. The van der Waals surface area contributed by atoms with Gasteiger partial charge in [-0.05, 0) is 43.5 Å². The lowest BCUT2D eigenvalue weighted by atomic mass is 10.0. The molecule has 0 aromatic heterocycles. The highest BCUT2D eigenvalue weighted by Gasteiger charge is 2.23. The molecule has 0 radical (unpaired) electrons. The maximum atomic E-state index is 5.95. The van der Waals surface area contributed by atoms with Gasteiger partial charge in [0.2, 0.25) is 0 Å². The van der Waals surface area contributed by atoms with Crippen LogP contribution < -0.4 is 5.32 Å². The SMILES string of the molecule is CNC(CCC1CC1)c1ccc(Cl)cc1Br. The number of nitrogens with one attached hydrogen (secondary N) is 1. The third-order valence-electron chi connectivity index (χ3n) is 3.25. The normalized spacial score (nSPS) is 17.4. The summed E-state index contributed by atoms with van der Waals surface area (Å²) in [7, 11) is 2.03. The average molecular weight is 303 g/mol. The highest BCUT2D eigenvalue weighted by atomic mass is 79.9. The van der Waals surface area contributed by atoms with Crippen LogP contribution in [0.5, 0.6) is 0 Å². The molecular weight excluding hydrogens is 286 g/mol. The van der Waals surface area contributed by atoms with E-state index in [-0.39, 0.29) is 0 Å². The Morgan fingerprint density at radius 2 is 2.25 bits per heavy atom. The molecule has 1 N–H and O–H groups in total. The van der Waals surface area contributed by atoms with E-state index in [4.69, 9.17) is 11.6 Å². The fourth-order valence-corrected chi connectivity index (χ4v) is 3.01. The van der Waals surface area contributed by atoms with Crippen LogP contribution in [0.3, 0.4) is 0 Å². The van der Waals surface area contributed by atoms with E-state index >= 15 is 0 Å². The summed E-state index contributed by atoms with van der Waals surface area (Å²) >= 11 is 9.54. The fraction of sp³-hybridized carbons (Fsp3) is 0.538. The molecule has 0 heterocycles. The third kappa shape index (κ3) is 3.22. The average Bonchev–Trinajstić information content (AvgIpc) is 3.05. The van der Waals surface area contributed by atoms with Gasteiger partial charge in [-0.1, -0.05) is 46.4 Å². The molecule has 0 amide bonds. The molecule has 1 saturated carbocycles. The number of hydrogen-bond donors (Lipinski definition) is 1. The first-order chi connectivity index (χ1) is 7.70. The molecule has 0 spiro atoms. The van der Waals surface area contributed by atoms with Gasteiger partial charge in [0.05, 0.1) is 0 Å². The summed E-state index contributed by atoms with van der Waals surface area (Å²) in [5.41, 5.74) is 1.31. The first-order valence-electron chi connectivity index (χ1n) is 5.83. The van der Waals surface area contributed by atoms with Gasteiger partial charge in [0.25, 0.3) is 0 Å². The van der Waals surface area contributed by atoms with Crippen LogP contribution >= 0.6 is 27.5 Å². The van der Waals surface area contributed by atoms with Crippen LogP contribution in [0.2, 0.25) is 5.02 Å². The van der Waals surface area contributed by atoms with Crippen molar-refractivity contribution >= 4 is 27.5 Å². The Morgan fingerprint density at radius 3 is 2.81 bits per heavy atom. The number of hydrogen-bond acceptors (Lipinski definition) is 1. The Labute approximate surface area is 111 Å². The Morgan fingerprint density at radius 1 is 1.50 bits per heavy atom. The lowest BCUT2D eigenvalue weighted by Crippen LogP contribution is -2.17. The molecule has 1 unspecified atom stereocenters. The van der Waals surface area contributed by atoms with E-state index in [0.29, 0.717) is 6.04 Å². The predicted octanol–water partition coefficient (Wildman–Crippen LogP) is 4.55. The highest BCUT2D eigenvalue weighted by molar-refractivity contribution is 9.10. The van der Waals surface area contributed by atoms with Gasteiger partial charge in [-0.2, -0.15) is 0 Å². The molecule has 0 saturated heterocycles. The zero-order chi connectivity index (χ0) is 11.5. The second-order valence-corrected chi connectivity index (χ2v) is 5.82. The third-order valence-corrected chi connectivity index (χ3v) is 4.17. The van der Waals surface area contributed by atoms with Crippen molar-refractivity contribution in [2.75, 3.05) is 7.05 Å². The van der Waals surface area contributed by atoms with E-state index < -0.39 is 0 Å². The summed E-state index contributed by atoms with van der Waals surface area (Å²) in [4.78, 5) is 0. The first-order valence-corrected chi connectivity index (χ1v) is 7.00. The standard InChI is InChI=1S/C13H17BrClN/c1-16-13(7-4-9-2-3-9)11-6-5-10(15)8-12(11)14/h5-6,8-9,13,16H,2-4,7H2,1H3. The van der Waals surface area contributed by atoms with Gasteiger partial charge in [-0.3, -0.25) is 0 Å². The van der Waals surface area contributed by atoms with E-state index in [0.717, 1.165) is 15.4 Å². The maximum absolute atomic E-state index is 5.95. The predicted molar refractivity (Wildman–Crippen MR) is 72.9 cm³/mol. The van der Waals surface area contributed by atoms with Crippen molar-refractivity contribution < 1.29 is 0 Å². The second-order valence-electron chi connectivity index (χ2n) is 4.53. The molecule has 1 atom stereocenters. The highest BCUT2D eigenvalue weighted by Crippen LogP contribution is 2.37. The summed E-state index contributed by atoms with van der Waals surface area (Å²) in [6.07, 6.45) is 5.40. The van der Waals surface area contributed by atoms with Crippen molar-refractivity contribution in [2.45, 2.75) is 31.7 Å². The van der Waals surface area contributed by atoms with Crippen molar-refractivity contribution in [3.05, 3.63) is 33.3 Å². The van der Waals surface area contributed by atoms with Crippen molar-refractivity contribution in [3.8, 4) is 0 Å². The zero-order valence-electron chi connectivity index (χ0n) is 9.47. The molecule has 0 bridgehead atoms. The summed E-state index contributed by atoms with van der Waals surface area (Å²) in [5.74, 6) is 0.988. The Bertz CT molecular complexity index is 363. The van der Waals surface area contributed by atoms with Gasteiger partial charge >= 0.3 is 0 Å². The van der Waals surface area contributed by atoms with Gasteiger partial charge in [0, 0.05) is 15.5 Å². The van der Waals surface area contributed by atoms with Crippen molar-refractivity contribution in [1.29, 1.82) is 0 Å². The van der Waals surface area contributed by atoms with Gasteiger partial charge < -0.3 is 5.32 Å². The first kappa shape index (κ1) is 12.4. The molecule has 16 heavy (non-hydrogen) atoms. The molecule has 1 aliphatic rings. The Balaban J connectivity index is 2.05. The Kier molecular flexibility index (Phi) is 4.28. The molecule has 1 aromatic carbocycles. The van der Waals surface area contributed by atoms with Crippen LogP contribution in [0.25, 0.3) is 0 Å². The zero-order valence-corrected chi connectivity index (χ0v) is 11.8. The van der Waals surface area contributed by atoms with Crippen LogP contribution in [-0.4, -0.2) is 7.05 Å². The molecule has 2 rings (SSSR count). The van der Waals surface area contributed by atoms with Gasteiger partial charge in [-0.25, -0.2) is 0 Å².